The van der Waals surface area contributed by atoms with Gasteiger partial charge in [0.25, 0.3) is 5.91 Å². The molecule has 0 atom stereocenters. The van der Waals surface area contributed by atoms with Gasteiger partial charge < -0.3 is 9.64 Å². The molecule has 0 saturated carbocycles. The number of hydrogen-bond donors (Lipinski definition) is 0. The summed E-state index contributed by atoms with van der Waals surface area (Å²) in [6.45, 7) is 0.908. The third-order valence-electron chi connectivity index (χ3n) is 4.58. The van der Waals surface area contributed by atoms with Crippen LogP contribution in [0.3, 0.4) is 0 Å². The van der Waals surface area contributed by atoms with Crippen LogP contribution in [0.15, 0.2) is 77.4 Å². The number of benzene rings is 2. The second kappa shape index (κ2) is 7.94. The number of ketones is 1. The fraction of sp³-hybridized carbons (Fsp3) is 0.136. The maximum absolute atomic E-state index is 12.9. The Bertz CT molecular complexity index is 1020. The number of carbonyl (C=O) groups is 2. The molecule has 1 fully saturated rings. The Kier molecular flexibility index (Phi) is 5.21. The summed E-state index contributed by atoms with van der Waals surface area (Å²) in [4.78, 5) is 31.6. The number of nitrogens with zero attached hydrogens (tertiary/aromatic N) is 2. The van der Waals surface area contributed by atoms with Gasteiger partial charge in [0.15, 0.2) is 5.78 Å². The van der Waals surface area contributed by atoms with E-state index in [1.807, 2.05) is 30.3 Å². The lowest BCUT2D eigenvalue weighted by Crippen LogP contribution is -2.56. The fourth-order valence-corrected chi connectivity index (χ4v) is 3.43. The van der Waals surface area contributed by atoms with Crippen LogP contribution in [0.25, 0.3) is 0 Å². The zero-order valence-corrected chi connectivity index (χ0v) is 16.5. The van der Waals surface area contributed by atoms with Crippen molar-refractivity contribution in [1.29, 1.82) is 0 Å². The first-order valence-corrected chi connectivity index (χ1v) is 9.68. The summed E-state index contributed by atoms with van der Waals surface area (Å²) in [7, 11) is 0. The SMILES string of the molecule is O=C(c1ccccc1)c1ccccc1C(=O)N1CC(Oc2ncccc2Br)C1. The first kappa shape index (κ1) is 18.4. The summed E-state index contributed by atoms with van der Waals surface area (Å²) in [5, 5.41) is 0. The van der Waals surface area contributed by atoms with Gasteiger partial charge in [0.05, 0.1) is 23.1 Å². The van der Waals surface area contributed by atoms with Crippen molar-refractivity contribution in [2.75, 3.05) is 13.1 Å². The Labute approximate surface area is 171 Å². The van der Waals surface area contributed by atoms with Gasteiger partial charge in [0.2, 0.25) is 5.88 Å². The average Bonchev–Trinajstić information content (AvgIpc) is 2.71. The Balaban J connectivity index is 1.47. The smallest absolute Gasteiger partial charge is 0.254 e. The molecule has 2 aromatic carbocycles. The highest BCUT2D eigenvalue weighted by atomic mass is 79.9. The van der Waals surface area contributed by atoms with Crippen molar-refractivity contribution in [3.63, 3.8) is 0 Å². The van der Waals surface area contributed by atoms with Crippen LogP contribution in [0, 0.1) is 0 Å². The minimum Gasteiger partial charge on any atom is -0.470 e. The molecule has 1 aliphatic heterocycles. The van der Waals surface area contributed by atoms with Crippen LogP contribution >= 0.6 is 15.9 Å². The van der Waals surface area contributed by atoms with Crippen LogP contribution < -0.4 is 4.74 Å². The molecule has 0 N–H and O–H groups in total. The minimum absolute atomic E-state index is 0.118. The second-order valence-electron chi connectivity index (χ2n) is 6.48. The van der Waals surface area contributed by atoms with Gasteiger partial charge in [-0.2, -0.15) is 0 Å². The summed E-state index contributed by atoms with van der Waals surface area (Å²) in [6, 6.07) is 19.6. The maximum Gasteiger partial charge on any atom is 0.254 e. The molecule has 3 aromatic rings. The van der Waals surface area contributed by atoms with E-state index in [0.29, 0.717) is 35.7 Å². The third kappa shape index (κ3) is 3.68. The van der Waals surface area contributed by atoms with Gasteiger partial charge in [-0.05, 0) is 34.1 Å². The van der Waals surface area contributed by atoms with E-state index in [4.69, 9.17) is 4.74 Å². The Hall–Kier alpha value is -2.99. The van der Waals surface area contributed by atoms with E-state index in [2.05, 4.69) is 20.9 Å². The molecule has 28 heavy (non-hydrogen) atoms. The summed E-state index contributed by atoms with van der Waals surface area (Å²) in [5.74, 6) is 0.189. The van der Waals surface area contributed by atoms with Gasteiger partial charge in [0.1, 0.15) is 6.10 Å². The largest absolute Gasteiger partial charge is 0.470 e. The second-order valence-corrected chi connectivity index (χ2v) is 7.34. The highest BCUT2D eigenvalue weighted by Gasteiger charge is 2.34. The monoisotopic (exact) mass is 436 g/mol. The van der Waals surface area contributed by atoms with Crippen LogP contribution in [-0.2, 0) is 0 Å². The van der Waals surface area contributed by atoms with Gasteiger partial charge in [0, 0.05) is 17.3 Å². The Morgan fingerprint density at radius 3 is 2.32 bits per heavy atom. The van der Waals surface area contributed by atoms with Gasteiger partial charge in [-0.3, -0.25) is 9.59 Å². The lowest BCUT2D eigenvalue weighted by atomic mass is 9.96. The number of likely N-dealkylation sites (tertiary alicyclic amines) is 1. The topological polar surface area (TPSA) is 59.5 Å². The summed E-state index contributed by atoms with van der Waals surface area (Å²) in [5.41, 5.74) is 1.39. The summed E-state index contributed by atoms with van der Waals surface area (Å²) >= 11 is 3.40. The standard InChI is InChI=1S/C22H17BrN2O3/c23-19-11-6-12-24-21(19)28-16-13-25(14-16)22(27)18-10-5-4-9-17(18)20(26)15-7-2-1-3-8-15/h1-12,16H,13-14H2. The number of carbonyl (C=O) groups excluding carboxylic acids is 2. The number of rotatable bonds is 5. The predicted molar refractivity (Wildman–Crippen MR) is 109 cm³/mol. The minimum atomic E-state index is -0.167. The number of amides is 1. The molecule has 6 heteroatoms. The molecule has 0 spiro atoms. The van der Waals surface area contributed by atoms with Crippen molar-refractivity contribution in [1.82, 2.24) is 9.88 Å². The predicted octanol–water partition coefficient (Wildman–Crippen LogP) is 3.98. The van der Waals surface area contributed by atoms with Gasteiger partial charge in [-0.1, -0.05) is 48.5 Å². The van der Waals surface area contributed by atoms with Crippen LogP contribution in [-0.4, -0.2) is 40.8 Å². The normalized spacial score (nSPS) is 13.7. The highest BCUT2D eigenvalue weighted by Crippen LogP contribution is 2.26. The molecule has 2 heterocycles. The number of pyridine rings is 1. The van der Waals surface area contributed by atoms with Crippen molar-refractivity contribution in [3.8, 4) is 5.88 Å². The van der Waals surface area contributed by atoms with E-state index < -0.39 is 0 Å². The molecular formula is C22H17BrN2O3. The molecule has 1 aromatic heterocycles. The number of halogens is 1. The molecule has 0 unspecified atom stereocenters. The Morgan fingerprint density at radius 1 is 0.929 bits per heavy atom. The molecular weight excluding hydrogens is 420 g/mol. The molecule has 1 aliphatic rings. The van der Waals surface area contributed by atoms with Crippen molar-refractivity contribution < 1.29 is 14.3 Å². The van der Waals surface area contributed by atoms with E-state index in [9.17, 15) is 9.59 Å². The van der Waals surface area contributed by atoms with Crippen LogP contribution in [0.4, 0.5) is 0 Å². The lowest BCUT2D eigenvalue weighted by molar-refractivity contribution is 0.0156. The average molecular weight is 437 g/mol. The number of hydrogen-bond acceptors (Lipinski definition) is 4. The van der Waals surface area contributed by atoms with Gasteiger partial charge >= 0.3 is 0 Å². The van der Waals surface area contributed by atoms with Crippen molar-refractivity contribution in [2.45, 2.75) is 6.10 Å². The maximum atomic E-state index is 12.9. The molecule has 1 amide bonds. The molecule has 0 aliphatic carbocycles. The van der Waals surface area contributed by atoms with E-state index in [1.54, 1.807) is 47.5 Å². The molecule has 140 valence electrons. The van der Waals surface area contributed by atoms with E-state index in [0.717, 1.165) is 4.47 Å². The quantitative estimate of drug-likeness (QED) is 0.567. The molecule has 5 nitrogen and oxygen atoms in total. The van der Waals surface area contributed by atoms with E-state index >= 15 is 0 Å². The fourth-order valence-electron chi connectivity index (χ4n) is 3.08. The highest BCUT2D eigenvalue weighted by molar-refractivity contribution is 9.10. The zero-order chi connectivity index (χ0) is 19.5. The van der Waals surface area contributed by atoms with Crippen molar-refractivity contribution in [3.05, 3.63) is 94.1 Å². The van der Waals surface area contributed by atoms with E-state index in [-0.39, 0.29) is 17.8 Å². The van der Waals surface area contributed by atoms with Gasteiger partial charge in [-0.15, -0.1) is 0 Å². The number of aromatic nitrogens is 1. The summed E-state index contributed by atoms with van der Waals surface area (Å²) < 4.78 is 6.60. The third-order valence-corrected chi connectivity index (χ3v) is 5.18. The van der Waals surface area contributed by atoms with Crippen LogP contribution in [0.5, 0.6) is 5.88 Å². The zero-order valence-electron chi connectivity index (χ0n) is 14.9. The lowest BCUT2D eigenvalue weighted by Gasteiger charge is -2.39. The molecule has 4 rings (SSSR count). The molecule has 0 radical (unpaired) electrons. The van der Waals surface area contributed by atoms with Crippen molar-refractivity contribution >= 4 is 27.6 Å². The summed E-state index contributed by atoms with van der Waals surface area (Å²) in [6.07, 6.45) is 1.54. The first-order chi connectivity index (χ1) is 13.6. The molecule has 0 bridgehead atoms. The number of ether oxygens (including phenoxy) is 1. The van der Waals surface area contributed by atoms with Crippen LogP contribution in [0.1, 0.15) is 26.3 Å². The molecule has 1 saturated heterocycles. The van der Waals surface area contributed by atoms with E-state index in [1.165, 1.54) is 0 Å². The van der Waals surface area contributed by atoms with Crippen LogP contribution in [0.2, 0.25) is 0 Å². The van der Waals surface area contributed by atoms with Gasteiger partial charge in [-0.25, -0.2) is 4.98 Å². The Morgan fingerprint density at radius 2 is 1.61 bits per heavy atom. The van der Waals surface area contributed by atoms with Crippen molar-refractivity contribution in [2.24, 2.45) is 0 Å². The first-order valence-electron chi connectivity index (χ1n) is 8.88.